The van der Waals surface area contributed by atoms with Crippen LogP contribution in [0, 0.1) is 5.82 Å². The fourth-order valence-electron chi connectivity index (χ4n) is 2.85. The highest BCUT2D eigenvalue weighted by Gasteiger charge is 2.21. The van der Waals surface area contributed by atoms with Gasteiger partial charge in [-0.25, -0.2) is 9.18 Å². The zero-order chi connectivity index (χ0) is 19.0. The molecule has 0 saturated carbocycles. The molecule has 0 spiro atoms. The molecule has 3 rings (SSSR count). The first-order valence-electron chi connectivity index (χ1n) is 7.65. The number of aromatic nitrogens is 2. The first-order valence-corrected chi connectivity index (χ1v) is 7.65. The number of aliphatic hydroxyl groups is 1. The topological polar surface area (TPSA) is 113 Å². The Morgan fingerprint density at radius 1 is 1.27 bits per heavy atom. The molecular weight excluding hydrogens is 343 g/mol. The Bertz CT molecular complexity index is 1090. The van der Waals surface area contributed by atoms with Gasteiger partial charge in [-0.05, 0) is 41.3 Å². The van der Waals surface area contributed by atoms with Gasteiger partial charge in [0.15, 0.2) is 11.3 Å². The van der Waals surface area contributed by atoms with E-state index in [9.17, 15) is 24.2 Å². The third-order valence-corrected chi connectivity index (χ3v) is 4.21. The fraction of sp³-hybridized carbons (Fsp3) is 0.167. The predicted octanol–water partition coefficient (Wildman–Crippen LogP) is 1.56. The van der Waals surface area contributed by atoms with Crippen LogP contribution in [0.15, 0.2) is 35.3 Å². The summed E-state index contributed by atoms with van der Waals surface area (Å²) in [4.78, 5) is 27.4. The summed E-state index contributed by atoms with van der Waals surface area (Å²) in [5.74, 6) is -2.67. The summed E-state index contributed by atoms with van der Waals surface area (Å²) in [6.07, 6.45) is 1.75. The number of aromatic hydroxyl groups is 1. The maximum Gasteiger partial charge on any atom is 0.345 e. The molecule has 1 aromatic carbocycles. The molecule has 0 aliphatic rings. The number of aromatic carboxylic acids is 1. The van der Waals surface area contributed by atoms with E-state index in [2.05, 4.69) is 4.98 Å². The van der Waals surface area contributed by atoms with Gasteiger partial charge in [0.2, 0.25) is 0 Å². The van der Waals surface area contributed by atoms with Crippen LogP contribution in [-0.4, -0.2) is 30.8 Å². The van der Waals surface area contributed by atoms with Gasteiger partial charge in [-0.3, -0.25) is 9.78 Å². The lowest BCUT2D eigenvalue weighted by Crippen LogP contribution is -2.25. The zero-order valence-corrected chi connectivity index (χ0v) is 13.7. The van der Waals surface area contributed by atoms with Gasteiger partial charge in [0.25, 0.3) is 5.56 Å². The maximum atomic E-state index is 13.3. The lowest BCUT2D eigenvalue weighted by Gasteiger charge is -2.12. The van der Waals surface area contributed by atoms with Crippen LogP contribution in [0.4, 0.5) is 4.39 Å². The van der Waals surface area contributed by atoms with Gasteiger partial charge in [-0.15, -0.1) is 0 Å². The van der Waals surface area contributed by atoms with E-state index in [-0.39, 0.29) is 17.6 Å². The quantitative estimate of drug-likeness (QED) is 0.652. The van der Waals surface area contributed by atoms with Crippen molar-refractivity contribution < 1.29 is 24.5 Å². The standard InChI is InChI=1S/C18H15FN2O5/c1-21-13-5-9(4-10-2-3-12(19)6-11(10)8-22)7-20-15(13)16(23)14(17(21)24)18(25)26/h2-3,5-7,22-23H,4,8H2,1H3,(H,25,26). The molecule has 2 aromatic heterocycles. The summed E-state index contributed by atoms with van der Waals surface area (Å²) in [5.41, 5.74) is 0.448. The monoisotopic (exact) mass is 358 g/mol. The second-order valence-electron chi connectivity index (χ2n) is 5.85. The lowest BCUT2D eigenvalue weighted by atomic mass is 10.0. The van der Waals surface area contributed by atoms with E-state index in [1.807, 2.05) is 0 Å². The van der Waals surface area contributed by atoms with E-state index in [1.165, 1.54) is 25.4 Å². The minimum absolute atomic E-state index is 0.00487. The molecule has 0 saturated heterocycles. The van der Waals surface area contributed by atoms with Gasteiger partial charge >= 0.3 is 5.97 Å². The number of rotatable bonds is 4. The number of fused-ring (bicyclic) bond motifs is 1. The number of carboxylic acids is 1. The Hall–Kier alpha value is -3.26. The summed E-state index contributed by atoms with van der Waals surface area (Å²) in [7, 11) is 1.39. The average Bonchev–Trinajstić information content (AvgIpc) is 2.61. The Kier molecular flexibility index (Phi) is 4.43. The van der Waals surface area contributed by atoms with Crippen LogP contribution in [0.1, 0.15) is 27.0 Å². The number of aliphatic hydroxyl groups excluding tert-OH is 1. The van der Waals surface area contributed by atoms with E-state index in [0.29, 0.717) is 23.1 Å². The summed E-state index contributed by atoms with van der Waals surface area (Å²) >= 11 is 0. The summed E-state index contributed by atoms with van der Waals surface area (Å²) < 4.78 is 14.4. The number of carbonyl (C=O) groups is 1. The highest BCUT2D eigenvalue weighted by molar-refractivity contribution is 5.97. The average molecular weight is 358 g/mol. The van der Waals surface area contributed by atoms with Crippen molar-refractivity contribution in [1.82, 2.24) is 9.55 Å². The van der Waals surface area contributed by atoms with Gasteiger partial charge < -0.3 is 19.9 Å². The van der Waals surface area contributed by atoms with Crippen molar-refractivity contribution in [3.8, 4) is 5.75 Å². The van der Waals surface area contributed by atoms with Crippen molar-refractivity contribution in [2.75, 3.05) is 0 Å². The SMILES string of the molecule is Cn1c(=O)c(C(=O)O)c(O)c2ncc(Cc3ccc(F)cc3CO)cc21. The van der Waals surface area contributed by atoms with Crippen LogP contribution in [0.25, 0.3) is 11.0 Å². The largest absolute Gasteiger partial charge is 0.505 e. The van der Waals surface area contributed by atoms with E-state index in [1.54, 1.807) is 12.1 Å². The number of hydrogen-bond donors (Lipinski definition) is 3. The molecule has 0 aliphatic carbocycles. The molecule has 0 fully saturated rings. The number of pyridine rings is 2. The van der Waals surface area contributed by atoms with Crippen LogP contribution in [0.5, 0.6) is 5.75 Å². The van der Waals surface area contributed by atoms with Crippen LogP contribution >= 0.6 is 0 Å². The molecule has 0 amide bonds. The number of halogens is 1. The Balaban J connectivity index is 2.14. The van der Waals surface area contributed by atoms with Gasteiger partial charge in [-0.2, -0.15) is 0 Å². The fourth-order valence-corrected chi connectivity index (χ4v) is 2.85. The molecule has 0 bridgehead atoms. The molecule has 26 heavy (non-hydrogen) atoms. The van der Waals surface area contributed by atoms with Crippen molar-refractivity contribution in [2.24, 2.45) is 7.05 Å². The van der Waals surface area contributed by atoms with Crippen molar-refractivity contribution in [2.45, 2.75) is 13.0 Å². The third-order valence-electron chi connectivity index (χ3n) is 4.21. The second kappa shape index (κ2) is 6.57. The van der Waals surface area contributed by atoms with Crippen LogP contribution in [0.3, 0.4) is 0 Å². The summed E-state index contributed by atoms with van der Waals surface area (Å²) in [6.45, 7) is -0.324. The van der Waals surface area contributed by atoms with Gasteiger partial charge in [0.1, 0.15) is 11.3 Å². The molecule has 0 aliphatic heterocycles. The zero-order valence-electron chi connectivity index (χ0n) is 13.7. The third kappa shape index (κ3) is 2.91. The first kappa shape index (κ1) is 17.6. The van der Waals surface area contributed by atoms with E-state index in [0.717, 1.165) is 4.57 Å². The van der Waals surface area contributed by atoms with Crippen molar-refractivity contribution in [3.63, 3.8) is 0 Å². The first-order chi connectivity index (χ1) is 12.3. The maximum absolute atomic E-state index is 13.3. The lowest BCUT2D eigenvalue weighted by molar-refractivity contribution is 0.0691. The highest BCUT2D eigenvalue weighted by Crippen LogP contribution is 2.26. The number of aryl methyl sites for hydroxylation is 1. The second-order valence-corrected chi connectivity index (χ2v) is 5.85. The van der Waals surface area contributed by atoms with Crippen LogP contribution < -0.4 is 5.56 Å². The molecule has 134 valence electrons. The molecule has 0 radical (unpaired) electrons. The van der Waals surface area contributed by atoms with Crippen LogP contribution in [0.2, 0.25) is 0 Å². The summed E-state index contributed by atoms with van der Waals surface area (Å²) in [6, 6.07) is 5.67. The van der Waals surface area contributed by atoms with Gasteiger partial charge in [-0.1, -0.05) is 6.07 Å². The van der Waals surface area contributed by atoms with Gasteiger partial charge in [0, 0.05) is 13.2 Å². The van der Waals surface area contributed by atoms with E-state index >= 15 is 0 Å². The predicted molar refractivity (Wildman–Crippen MR) is 90.7 cm³/mol. The van der Waals surface area contributed by atoms with Gasteiger partial charge in [0.05, 0.1) is 12.1 Å². The van der Waals surface area contributed by atoms with Crippen molar-refractivity contribution >= 4 is 17.0 Å². The molecule has 0 unspecified atom stereocenters. The van der Waals surface area contributed by atoms with E-state index in [4.69, 9.17) is 5.11 Å². The number of hydrogen-bond acceptors (Lipinski definition) is 5. The minimum atomic E-state index is -1.53. The smallest absolute Gasteiger partial charge is 0.345 e. The number of nitrogens with zero attached hydrogens (tertiary/aromatic N) is 2. The normalized spacial score (nSPS) is 11.0. The molecule has 7 nitrogen and oxygen atoms in total. The number of benzene rings is 1. The van der Waals surface area contributed by atoms with E-state index < -0.39 is 28.7 Å². The Labute approximate surface area is 146 Å². The van der Waals surface area contributed by atoms with Crippen LogP contribution in [-0.2, 0) is 20.1 Å². The molecular formula is C18H15FN2O5. The number of carboxylic acid groups (broad SMARTS) is 1. The Morgan fingerprint density at radius 3 is 2.65 bits per heavy atom. The molecule has 8 heteroatoms. The molecule has 0 atom stereocenters. The molecule has 3 aromatic rings. The van der Waals surface area contributed by atoms with Crippen molar-refractivity contribution in [1.29, 1.82) is 0 Å². The highest BCUT2D eigenvalue weighted by atomic mass is 19.1. The molecule has 2 heterocycles. The van der Waals surface area contributed by atoms with Crippen molar-refractivity contribution in [3.05, 3.63) is 68.9 Å². The summed E-state index contributed by atoms with van der Waals surface area (Å²) in [5, 5.41) is 28.6. The molecule has 3 N–H and O–H groups in total. The Morgan fingerprint density at radius 2 is 2.00 bits per heavy atom. The minimum Gasteiger partial charge on any atom is -0.505 e.